The van der Waals surface area contributed by atoms with Gasteiger partial charge in [-0.3, -0.25) is 0 Å². The van der Waals surface area contributed by atoms with Crippen LogP contribution in [0, 0.1) is 0 Å². The fraction of sp³-hybridized carbons (Fsp3) is 0. The van der Waals surface area contributed by atoms with Crippen LogP contribution in [0.1, 0.15) is 0 Å². The van der Waals surface area contributed by atoms with E-state index in [1.54, 1.807) is 0 Å². The Hall–Kier alpha value is -8.72. The van der Waals surface area contributed by atoms with E-state index in [0.717, 1.165) is 66.8 Å². The summed E-state index contributed by atoms with van der Waals surface area (Å²) in [5.41, 5.74) is 19.0. The molecule has 0 radical (unpaired) electrons. The predicted octanol–water partition coefficient (Wildman–Crippen LogP) is 18.2. The lowest BCUT2D eigenvalue weighted by atomic mass is 9.90. The SMILES string of the molecule is c1ccc(-c2ccc(-c3ccc(N(c4ccccc4-c4ccc5c(c4)oc4ccccc45)c4ccccc4-c4cccc5cccc(-c6ccccc6)c45)cc3)cc2-c2ccccc2)cc1. The summed E-state index contributed by atoms with van der Waals surface area (Å²) in [5, 5.41) is 4.67. The zero-order valence-electron chi connectivity index (χ0n) is 36.2. The number of furan rings is 1. The highest BCUT2D eigenvalue weighted by Gasteiger charge is 2.23. The summed E-state index contributed by atoms with van der Waals surface area (Å²) in [6.07, 6.45) is 0. The first kappa shape index (κ1) is 38.9. The Bertz CT molecular complexity index is 3680. The van der Waals surface area contributed by atoms with Gasteiger partial charge >= 0.3 is 0 Å². The van der Waals surface area contributed by atoms with E-state index < -0.39 is 0 Å². The second-order valence-corrected chi connectivity index (χ2v) is 16.8. The van der Waals surface area contributed by atoms with Gasteiger partial charge in [-0.15, -0.1) is 0 Å². The highest BCUT2D eigenvalue weighted by Crippen LogP contribution is 2.48. The number of hydrogen-bond acceptors (Lipinski definition) is 2. The third kappa shape index (κ3) is 7.02. The molecule has 12 aromatic rings. The van der Waals surface area contributed by atoms with E-state index in [0.29, 0.717) is 0 Å². The van der Waals surface area contributed by atoms with E-state index in [1.807, 2.05) is 12.1 Å². The van der Waals surface area contributed by atoms with E-state index >= 15 is 0 Å². The zero-order chi connectivity index (χ0) is 43.8. The number of rotatable bonds is 9. The van der Waals surface area contributed by atoms with E-state index in [4.69, 9.17) is 4.42 Å². The molecule has 0 N–H and O–H groups in total. The van der Waals surface area contributed by atoms with Gasteiger partial charge < -0.3 is 9.32 Å². The predicted molar refractivity (Wildman–Crippen MR) is 279 cm³/mol. The number of para-hydroxylation sites is 3. The van der Waals surface area contributed by atoms with Crippen LogP contribution in [-0.2, 0) is 0 Å². The van der Waals surface area contributed by atoms with Gasteiger partial charge in [0.1, 0.15) is 11.2 Å². The van der Waals surface area contributed by atoms with Crippen molar-refractivity contribution in [2.75, 3.05) is 4.90 Å². The first-order valence-electron chi connectivity index (χ1n) is 22.6. The van der Waals surface area contributed by atoms with Crippen LogP contribution in [0.3, 0.4) is 0 Å². The Labute approximate surface area is 384 Å². The number of anilines is 3. The molecule has 66 heavy (non-hydrogen) atoms. The van der Waals surface area contributed by atoms with Crippen molar-refractivity contribution < 1.29 is 4.42 Å². The Kier molecular flexibility index (Phi) is 9.89. The molecular weight excluding hydrogens is 799 g/mol. The Balaban J connectivity index is 1.04. The van der Waals surface area contributed by atoms with Gasteiger partial charge in [0.05, 0.1) is 11.4 Å². The Morgan fingerprint density at radius 3 is 1.48 bits per heavy atom. The molecule has 0 aliphatic rings. The molecule has 0 aliphatic carbocycles. The molecule has 0 amide bonds. The fourth-order valence-electron chi connectivity index (χ4n) is 9.79. The van der Waals surface area contributed by atoms with Crippen molar-refractivity contribution in [2.45, 2.75) is 0 Å². The van der Waals surface area contributed by atoms with Crippen molar-refractivity contribution in [3.8, 4) is 66.8 Å². The molecule has 0 saturated heterocycles. The summed E-state index contributed by atoms with van der Waals surface area (Å²) < 4.78 is 6.46. The molecule has 0 spiro atoms. The van der Waals surface area contributed by atoms with Gasteiger partial charge in [0.25, 0.3) is 0 Å². The minimum Gasteiger partial charge on any atom is -0.456 e. The average molecular weight is 842 g/mol. The topological polar surface area (TPSA) is 16.4 Å². The lowest BCUT2D eigenvalue weighted by molar-refractivity contribution is 0.669. The molecule has 310 valence electrons. The molecule has 0 saturated carbocycles. The fourth-order valence-corrected chi connectivity index (χ4v) is 9.79. The van der Waals surface area contributed by atoms with Crippen LogP contribution in [0.25, 0.3) is 99.5 Å². The van der Waals surface area contributed by atoms with E-state index in [2.05, 4.69) is 254 Å². The van der Waals surface area contributed by atoms with Gasteiger partial charge in [-0.25, -0.2) is 0 Å². The van der Waals surface area contributed by atoms with Crippen molar-refractivity contribution in [2.24, 2.45) is 0 Å². The van der Waals surface area contributed by atoms with Gasteiger partial charge in [-0.05, 0) is 115 Å². The van der Waals surface area contributed by atoms with E-state index in [9.17, 15) is 0 Å². The summed E-state index contributed by atoms with van der Waals surface area (Å²) >= 11 is 0. The van der Waals surface area contributed by atoms with Crippen molar-refractivity contribution in [3.05, 3.63) is 261 Å². The molecule has 0 atom stereocenters. The van der Waals surface area contributed by atoms with E-state index in [-0.39, 0.29) is 0 Å². The van der Waals surface area contributed by atoms with Gasteiger partial charge in [-0.2, -0.15) is 0 Å². The lowest BCUT2D eigenvalue weighted by Crippen LogP contribution is -2.12. The average Bonchev–Trinajstić information content (AvgIpc) is 3.77. The first-order chi connectivity index (χ1) is 32.7. The van der Waals surface area contributed by atoms with Crippen LogP contribution in [0.4, 0.5) is 17.1 Å². The summed E-state index contributed by atoms with van der Waals surface area (Å²) in [5.74, 6) is 0. The molecule has 11 aromatic carbocycles. The molecule has 1 aromatic heterocycles. The van der Waals surface area contributed by atoms with Crippen molar-refractivity contribution in [3.63, 3.8) is 0 Å². The Morgan fingerprint density at radius 2 is 0.773 bits per heavy atom. The highest BCUT2D eigenvalue weighted by atomic mass is 16.3. The molecule has 0 fully saturated rings. The highest BCUT2D eigenvalue weighted by molar-refractivity contribution is 6.10. The summed E-state index contributed by atoms with van der Waals surface area (Å²) in [6, 6.07) is 93.9. The van der Waals surface area contributed by atoms with Crippen molar-refractivity contribution in [1.82, 2.24) is 0 Å². The van der Waals surface area contributed by atoms with Crippen LogP contribution in [0.15, 0.2) is 265 Å². The molecule has 0 aliphatic heterocycles. The maximum Gasteiger partial charge on any atom is 0.136 e. The standard InChI is InChI=1S/C64H43NO/c1-4-18-45(19-5-1)52-40-36-49(42-59(52)47-22-8-3-9-23-47)44-34-38-51(39-35-44)65(60-31-13-10-26-53(60)50-37-41-57-56-28-12-15-33-62(56)66-63(57)43-50)61-32-14-11-27-55(61)58-30-17-25-48-24-16-29-54(64(48)58)46-20-6-2-7-21-46/h1-43H. The van der Waals surface area contributed by atoms with Crippen molar-refractivity contribution in [1.29, 1.82) is 0 Å². The van der Waals surface area contributed by atoms with E-state index in [1.165, 1.54) is 49.7 Å². The summed E-state index contributed by atoms with van der Waals surface area (Å²) in [4.78, 5) is 2.44. The van der Waals surface area contributed by atoms with Gasteiger partial charge in [-0.1, -0.05) is 212 Å². The summed E-state index contributed by atoms with van der Waals surface area (Å²) in [7, 11) is 0. The quantitative estimate of drug-likeness (QED) is 0.144. The van der Waals surface area contributed by atoms with Gasteiger partial charge in [0.2, 0.25) is 0 Å². The second kappa shape index (κ2) is 16.8. The zero-order valence-corrected chi connectivity index (χ0v) is 36.2. The third-order valence-corrected chi connectivity index (χ3v) is 12.9. The molecule has 0 bridgehead atoms. The molecule has 1 heterocycles. The molecule has 12 rings (SSSR count). The number of benzene rings is 11. The molecular formula is C64H43NO. The number of nitrogens with zero attached hydrogens (tertiary/aromatic N) is 1. The number of hydrogen-bond donors (Lipinski definition) is 0. The minimum atomic E-state index is 0.872. The summed E-state index contributed by atoms with van der Waals surface area (Å²) in [6.45, 7) is 0. The normalized spacial score (nSPS) is 11.3. The monoisotopic (exact) mass is 841 g/mol. The van der Waals surface area contributed by atoms with Crippen LogP contribution < -0.4 is 4.90 Å². The number of fused-ring (bicyclic) bond motifs is 4. The van der Waals surface area contributed by atoms with Gasteiger partial charge in [0, 0.05) is 27.6 Å². The van der Waals surface area contributed by atoms with Crippen LogP contribution in [0.5, 0.6) is 0 Å². The first-order valence-corrected chi connectivity index (χ1v) is 22.6. The third-order valence-electron chi connectivity index (χ3n) is 12.9. The molecule has 0 unspecified atom stereocenters. The van der Waals surface area contributed by atoms with Crippen LogP contribution in [-0.4, -0.2) is 0 Å². The second-order valence-electron chi connectivity index (χ2n) is 16.8. The molecule has 2 nitrogen and oxygen atoms in total. The lowest BCUT2D eigenvalue weighted by Gasteiger charge is -2.30. The van der Waals surface area contributed by atoms with Crippen LogP contribution in [0.2, 0.25) is 0 Å². The largest absolute Gasteiger partial charge is 0.456 e. The van der Waals surface area contributed by atoms with Crippen molar-refractivity contribution >= 4 is 49.8 Å². The maximum atomic E-state index is 6.46. The van der Waals surface area contributed by atoms with Crippen LogP contribution >= 0.6 is 0 Å². The minimum absolute atomic E-state index is 0.872. The maximum absolute atomic E-state index is 6.46. The van der Waals surface area contributed by atoms with Gasteiger partial charge in [0.15, 0.2) is 0 Å². The molecule has 2 heteroatoms. The Morgan fingerprint density at radius 1 is 0.258 bits per heavy atom. The smallest absolute Gasteiger partial charge is 0.136 e.